The maximum Gasteiger partial charge on any atom is 0.329 e. The fraction of sp³-hybridized carbons (Fsp3) is 0.667. The third-order valence-electron chi connectivity index (χ3n) is 4.13. The number of rotatable bonds is 7. The van der Waals surface area contributed by atoms with Crippen LogP contribution in [0.25, 0.3) is 0 Å². The van der Waals surface area contributed by atoms with Crippen molar-refractivity contribution in [1.82, 2.24) is 14.9 Å². The Morgan fingerprint density at radius 3 is 2.68 bits per heavy atom. The summed E-state index contributed by atoms with van der Waals surface area (Å²) in [7, 11) is 3.53. The minimum Gasteiger partial charge on any atom is -0.364 e. The zero-order chi connectivity index (χ0) is 18.4. The molecule has 0 atom stereocenters. The van der Waals surface area contributed by atoms with E-state index in [1.54, 1.807) is 19.0 Å². The van der Waals surface area contributed by atoms with Gasteiger partial charge in [-0.25, -0.2) is 4.98 Å². The molecule has 10 heteroatoms. The van der Waals surface area contributed by atoms with Crippen molar-refractivity contribution in [3.8, 4) is 0 Å². The molecule has 1 amide bonds. The smallest absolute Gasteiger partial charge is 0.329 e. The van der Waals surface area contributed by atoms with Crippen molar-refractivity contribution in [2.24, 2.45) is 11.7 Å². The molecule has 1 aliphatic carbocycles. The van der Waals surface area contributed by atoms with Crippen LogP contribution in [0, 0.1) is 16.0 Å². The van der Waals surface area contributed by atoms with Gasteiger partial charge in [0.2, 0.25) is 17.7 Å². The van der Waals surface area contributed by atoms with Gasteiger partial charge in [0, 0.05) is 12.6 Å². The molecule has 0 unspecified atom stereocenters. The highest BCUT2D eigenvalue weighted by Crippen LogP contribution is 2.26. The van der Waals surface area contributed by atoms with E-state index in [1.165, 1.54) is 0 Å². The Labute approximate surface area is 146 Å². The van der Waals surface area contributed by atoms with Gasteiger partial charge < -0.3 is 16.0 Å². The van der Waals surface area contributed by atoms with Crippen molar-refractivity contribution < 1.29 is 9.72 Å². The number of amides is 1. The van der Waals surface area contributed by atoms with Crippen LogP contribution in [-0.2, 0) is 4.79 Å². The number of aromatic nitrogens is 2. The molecule has 25 heavy (non-hydrogen) atoms. The highest BCUT2D eigenvalue weighted by Gasteiger charge is 2.22. The number of nitrogens with zero attached hydrogens (tertiary/aromatic N) is 4. The molecular weight excluding hydrogens is 326 g/mol. The molecule has 0 saturated heterocycles. The van der Waals surface area contributed by atoms with Crippen molar-refractivity contribution in [3.05, 3.63) is 16.3 Å². The lowest BCUT2D eigenvalue weighted by Gasteiger charge is -2.26. The predicted octanol–water partition coefficient (Wildman–Crippen LogP) is 0.814. The van der Waals surface area contributed by atoms with Gasteiger partial charge in [-0.2, -0.15) is 4.98 Å². The number of anilines is 2. The monoisotopic (exact) mass is 351 g/mol. The van der Waals surface area contributed by atoms with Crippen LogP contribution in [0.3, 0.4) is 0 Å². The van der Waals surface area contributed by atoms with Crippen molar-refractivity contribution in [1.29, 1.82) is 0 Å². The molecule has 0 spiro atoms. The standard InChI is InChI=1S/C15H25N7O3/c1-21(2)9-13(23)19-15-18-8-12(22(24)25)14(20-15)17-7-10-3-5-11(16)6-4-10/h8,10-11H,3-7,9,16H2,1-2H3,(H2,17,18,19,20,23)/t10-,11-. The highest BCUT2D eigenvalue weighted by molar-refractivity contribution is 5.90. The van der Waals surface area contributed by atoms with Crippen molar-refractivity contribution >= 4 is 23.4 Å². The molecule has 1 saturated carbocycles. The molecule has 2 rings (SSSR count). The molecule has 1 aliphatic rings. The summed E-state index contributed by atoms with van der Waals surface area (Å²) in [5.74, 6) is 0.285. The summed E-state index contributed by atoms with van der Waals surface area (Å²) in [6.07, 6.45) is 5.00. The van der Waals surface area contributed by atoms with Crippen LogP contribution in [-0.4, -0.2) is 58.9 Å². The van der Waals surface area contributed by atoms with E-state index in [-0.39, 0.29) is 35.9 Å². The maximum absolute atomic E-state index is 11.8. The number of nitrogens with two attached hydrogens (primary N) is 1. The maximum atomic E-state index is 11.8. The zero-order valence-electron chi connectivity index (χ0n) is 14.6. The van der Waals surface area contributed by atoms with Crippen LogP contribution in [0.2, 0.25) is 0 Å². The molecule has 1 fully saturated rings. The minimum atomic E-state index is -0.537. The van der Waals surface area contributed by atoms with Gasteiger partial charge in [0.1, 0.15) is 6.20 Å². The lowest BCUT2D eigenvalue weighted by molar-refractivity contribution is -0.384. The van der Waals surface area contributed by atoms with E-state index in [2.05, 4.69) is 20.6 Å². The van der Waals surface area contributed by atoms with E-state index in [4.69, 9.17) is 5.73 Å². The largest absolute Gasteiger partial charge is 0.364 e. The molecular formula is C15H25N7O3. The van der Waals surface area contributed by atoms with Gasteiger partial charge in [-0.15, -0.1) is 0 Å². The Balaban J connectivity index is 2.04. The first-order valence-electron chi connectivity index (χ1n) is 8.30. The molecule has 138 valence electrons. The van der Waals surface area contributed by atoms with Crippen LogP contribution in [0.15, 0.2) is 6.20 Å². The fourth-order valence-electron chi connectivity index (χ4n) is 2.78. The summed E-state index contributed by atoms with van der Waals surface area (Å²) < 4.78 is 0. The van der Waals surface area contributed by atoms with E-state index in [1.807, 2.05) is 0 Å². The average Bonchev–Trinajstić information content (AvgIpc) is 2.53. The number of hydrogen-bond donors (Lipinski definition) is 3. The van der Waals surface area contributed by atoms with Crippen molar-refractivity contribution in [2.75, 3.05) is 37.8 Å². The topological polar surface area (TPSA) is 139 Å². The zero-order valence-corrected chi connectivity index (χ0v) is 14.6. The molecule has 0 aromatic carbocycles. The number of carbonyl (C=O) groups excluding carboxylic acids is 1. The summed E-state index contributed by atoms with van der Waals surface area (Å²) in [4.78, 5) is 32.1. The van der Waals surface area contributed by atoms with Crippen LogP contribution in [0.1, 0.15) is 25.7 Å². The van der Waals surface area contributed by atoms with Gasteiger partial charge in [0.15, 0.2) is 0 Å². The summed E-state index contributed by atoms with van der Waals surface area (Å²) in [6.45, 7) is 0.751. The van der Waals surface area contributed by atoms with Gasteiger partial charge in [-0.1, -0.05) is 0 Å². The number of carbonyl (C=O) groups is 1. The van der Waals surface area contributed by atoms with Crippen LogP contribution in [0.5, 0.6) is 0 Å². The second kappa shape index (κ2) is 8.67. The Morgan fingerprint density at radius 2 is 2.08 bits per heavy atom. The van der Waals surface area contributed by atoms with Crippen LogP contribution < -0.4 is 16.4 Å². The van der Waals surface area contributed by atoms with E-state index < -0.39 is 4.92 Å². The Bertz CT molecular complexity index is 615. The lowest BCUT2D eigenvalue weighted by atomic mass is 9.86. The lowest BCUT2D eigenvalue weighted by Crippen LogP contribution is -2.29. The van der Waals surface area contributed by atoms with Gasteiger partial charge in [0.05, 0.1) is 11.5 Å². The SMILES string of the molecule is CN(C)CC(=O)Nc1ncc([N+](=O)[O-])c(NC[C@H]2CC[C@H](N)CC2)n1. The Hall–Kier alpha value is -2.33. The quantitative estimate of drug-likeness (QED) is 0.484. The second-order valence-corrected chi connectivity index (χ2v) is 6.63. The van der Waals surface area contributed by atoms with E-state index in [0.29, 0.717) is 12.5 Å². The molecule has 1 aromatic heterocycles. The van der Waals surface area contributed by atoms with E-state index in [9.17, 15) is 14.9 Å². The third kappa shape index (κ3) is 5.91. The van der Waals surface area contributed by atoms with E-state index in [0.717, 1.165) is 31.9 Å². The van der Waals surface area contributed by atoms with Crippen LogP contribution in [0.4, 0.5) is 17.5 Å². The second-order valence-electron chi connectivity index (χ2n) is 6.63. The van der Waals surface area contributed by atoms with Gasteiger partial charge >= 0.3 is 5.69 Å². The summed E-state index contributed by atoms with van der Waals surface area (Å²) in [5, 5.41) is 16.7. The molecule has 1 heterocycles. The third-order valence-corrected chi connectivity index (χ3v) is 4.13. The highest BCUT2D eigenvalue weighted by atomic mass is 16.6. The number of nitro groups is 1. The number of hydrogen-bond acceptors (Lipinski definition) is 8. The first kappa shape index (κ1) is 19.0. The van der Waals surface area contributed by atoms with Crippen LogP contribution >= 0.6 is 0 Å². The first-order valence-corrected chi connectivity index (χ1v) is 8.30. The van der Waals surface area contributed by atoms with Gasteiger partial charge in [0.25, 0.3) is 0 Å². The van der Waals surface area contributed by atoms with E-state index >= 15 is 0 Å². The molecule has 1 aromatic rings. The molecule has 0 bridgehead atoms. The first-order chi connectivity index (χ1) is 11.8. The predicted molar refractivity (Wildman–Crippen MR) is 94.3 cm³/mol. The fourth-order valence-corrected chi connectivity index (χ4v) is 2.78. The Morgan fingerprint density at radius 1 is 1.40 bits per heavy atom. The number of likely N-dealkylation sites (N-methyl/N-ethyl adjacent to an activating group) is 1. The van der Waals surface area contributed by atoms with Gasteiger partial charge in [-0.3, -0.25) is 20.2 Å². The minimum absolute atomic E-state index is 0.0469. The molecule has 10 nitrogen and oxygen atoms in total. The normalized spacial score (nSPS) is 20.3. The number of nitrogens with one attached hydrogen (secondary N) is 2. The summed E-state index contributed by atoms with van der Waals surface area (Å²) in [6, 6.07) is 0.253. The molecule has 0 aliphatic heterocycles. The summed E-state index contributed by atoms with van der Waals surface area (Å²) in [5.41, 5.74) is 5.68. The average molecular weight is 351 g/mol. The van der Waals surface area contributed by atoms with Crippen molar-refractivity contribution in [3.63, 3.8) is 0 Å². The molecule has 0 radical (unpaired) electrons. The molecule has 4 N–H and O–H groups in total. The van der Waals surface area contributed by atoms with Crippen molar-refractivity contribution in [2.45, 2.75) is 31.7 Å². The Kier molecular flexibility index (Phi) is 6.59. The summed E-state index contributed by atoms with van der Waals surface area (Å²) >= 11 is 0. The van der Waals surface area contributed by atoms with Gasteiger partial charge in [-0.05, 0) is 45.7 Å².